The summed E-state index contributed by atoms with van der Waals surface area (Å²) in [5, 5.41) is 3.36. The van der Waals surface area contributed by atoms with Gasteiger partial charge < -0.3 is 15.2 Å². The number of aryl methyl sites for hydroxylation is 1. The first kappa shape index (κ1) is 32.7. The van der Waals surface area contributed by atoms with E-state index in [1.54, 1.807) is 30.3 Å². The Morgan fingerprint density at radius 3 is 2.57 bits per heavy atom. The van der Waals surface area contributed by atoms with Crippen molar-refractivity contribution in [3.63, 3.8) is 0 Å². The van der Waals surface area contributed by atoms with Crippen LogP contribution in [0.5, 0.6) is 0 Å². The van der Waals surface area contributed by atoms with E-state index in [-0.39, 0.29) is 38.5 Å². The highest BCUT2D eigenvalue weighted by molar-refractivity contribution is 7.90. The third kappa shape index (κ3) is 6.63. The number of fused-ring (bicyclic) bond motifs is 1. The lowest BCUT2D eigenvalue weighted by Gasteiger charge is -2.28. The molecule has 0 bridgehead atoms. The standard InChI is InChI=1S/C34H37Cl2FN4O4S/c1-20-25(9-11-33(42)41-13-4-5-23(41)18-40-14-12-22(37)17-40)21(2)38-32(20)16-27-26-15-24(8-10-31(26)39-34(27)43)46(44,45)19-28-29(35)6-3-7-30(28)36/h3,6-8,10,15-16,22-23,38H,4-5,9,11-14,17-19H2,1-2H3,(H,39,43)/t22-,23-/m1/s1. The first-order valence-corrected chi connectivity index (χ1v) is 18.0. The van der Waals surface area contributed by atoms with Crippen molar-refractivity contribution in [3.8, 4) is 0 Å². The van der Waals surface area contributed by atoms with Gasteiger partial charge in [-0.05, 0) is 87.1 Å². The van der Waals surface area contributed by atoms with E-state index in [9.17, 15) is 22.4 Å². The fourth-order valence-corrected chi connectivity index (χ4v) is 9.02. The molecule has 4 heterocycles. The summed E-state index contributed by atoms with van der Waals surface area (Å²) in [4.78, 5) is 33.9. The minimum Gasteiger partial charge on any atom is -0.359 e. The van der Waals surface area contributed by atoms with Gasteiger partial charge in [0.25, 0.3) is 5.91 Å². The second-order valence-electron chi connectivity index (χ2n) is 12.5. The van der Waals surface area contributed by atoms with E-state index in [0.29, 0.717) is 48.2 Å². The maximum absolute atomic E-state index is 13.7. The molecule has 2 aromatic carbocycles. The third-order valence-electron chi connectivity index (χ3n) is 9.42. The average molecular weight is 688 g/mol. The number of aromatic nitrogens is 1. The molecule has 12 heteroatoms. The van der Waals surface area contributed by atoms with Crippen molar-refractivity contribution in [2.45, 2.75) is 68.8 Å². The summed E-state index contributed by atoms with van der Waals surface area (Å²) in [7, 11) is -3.84. The van der Waals surface area contributed by atoms with E-state index in [1.807, 2.05) is 18.7 Å². The Hall–Kier alpha value is -3.18. The number of H-pyrrole nitrogens is 1. The Kier molecular flexibility index (Phi) is 9.36. The SMILES string of the molecule is Cc1[nH]c(C=C2C(=O)Nc3ccc(S(=O)(=O)Cc4c(Cl)cccc4Cl)cc32)c(C)c1CCC(=O)N1CCC[C@@H]1CN1CC[C@@H](F)C1. The molecule has 2 N–H and O–H groups in total. The van der Waals surface area contributed by atoms with Crippen LogP contribution in [-0.4, -0.2) is 73.4 Å². The topological polar surface area (TPSA) is 103 Å². The number of aromatic amines is 1. The number of nitrogens with one attached hydrogen (secondary N) is 2. The predicted molar refractivity (Wildman–Crippen MR) is 180 cm³/mol. The normalized spacial score (nSPS) is 20.9. The van der Waals surface area contributed by atoms with Crippen molar-refractivity contribution in [3.05, 3.63) is 80.1 Å². The van der Waals surface area contributed by atoms with Crippen molar-refractivity contribution in [1.82, 2.24) is 14.8 Å². The maximum Gasteiger partial charge on any atom is 0.256 e. The summed E-state index contributed by atoms with van der Waals surface area (Å²) in [5.41, 5.74) is 5.25. The molecular formula is C34H37Cl2FN4O4S. The molecule has 2 amide bonds. The minimum atomic E-state index is -3.84. The highest BCUT2D eigenvalue weighted by atomic mass is 35.5. The average Bonchev–Trinajstić information content (AvgIpc) is 3.77. The Labute approximate surface area is 278 Å². The lowest BCUT2D eigenvalue weighted by Crippen LogP contribution is -2.42. The quantitative estimate of drug-likeness (QED) is 0.255. The number of anilines is 1. The van der Waals surface area contributed by atoms with Crippen LogP contribution in [0.1, 0.15) is 59.3 Å². The van der Waals surface area contributed by atoms with Gasteiger partial charge in [0.2, 0.25) is 5.91 Å². The van der Waals surface area contributed by atoms with Gasteiger partial charge in [0.05, 0.1) is 16.2 Å². The monoisotopic (exact) mass is 686 g/mol. The Bertz CT molecular complexity index is 1820. The summed E-state index contributed by atoms with van der Waals surface area (Å²) in [6.45, 7) is 6.56. The van der Waals surface area contributed by atoms with Gasteiger partial charge in [-0.3, -0.25) is 14.5 Å². The van der Waals surface area contributed by atoms with Gasteiger partial charge in [-0.2, -0.15) is 0 Å². The van der Waals surface area contributed by atoms with Crippen LogP contribution in [0.15, 0.2) is 41.3 Å². The zero-order valence-corrected chi connectivity index (χ0v) is 28.2. The molecule has 2 fully saturated rings. The van der Waals surface area contributed by atoms with Crippen molar-refractivity contribution in [2.75, 3.05) is 31.5 Å². The number of carbonyl (C=O) groups excluding carboxylic acids is 2. The summed E-state index contributed by atoms with van der Waals surface area (Å²) in [6.07, 6.45) is 4.34. The molecule has 2 atom stereocenters. The number of hydrogen-bond donors (Lipinski definition) is 2. The molecule has 3 aromatic rings. The van der Waals surface area contributed by atoms with Gasteiger partial charge in [-0.15, -0.1) is 0 Å². The predicted octanol–water partition coefficient (Wildman–Crippen LogP) is 6.37. The summed E-state index contributed by atoms with van der Waals surface area (Å²) in [6, 6.07) is 9.53. The van der Waals surface area contributed by atoms with Crippen molar-refractivity contribution >= 4 is 62.2 Å². The minimum absolute atomic E-state index is 0.0534. The summed E-state index contributed by atoms with van der Waals surface area (Å²) < 4.78 is 40.5. The number of halogens is 3. The molecular weight excluding hydrogens is 650 g/mol. The number of hydrogen-bond acceptors (Lipinski definition) is 5. The molecule has 8 nitrogen and oxygen atoms in total. The molecule has 0 spiro atoms. The fourth-order valence-electron chi connectivity index (χ4n) is 6.90. The zero-order valence-electron chi connectivity index (χ0n) is 25.8. The Morgan fingerprint density at radius 2 is 1.85 bits per heavy atom. The summed E-state index contributed by atoms with van der Waals surface area (Å²) in [5.74, 6) is -0.607. The second kappa shape index (κ2) is 13.1. The van der Waals surface area contributed by atoms with E-state index >= 15 is 0 Å². The number of sulfone groups is 1. The van der Waals surface area contributed by atoms with Crippen molar-refractivity contribution in [1.29, 1.82) is 0 Å². The smallest absolute Gasteiger partial charge is 0.256 e. The summed E-state index contributed by atoms with van der Waals surface area (Å²) >= 11 is 12.5. The number of likely N-dealkylation sites (tertiary alicyclic amines) is 2. The van der Waals surface area contributed by atoms with E-state index in [1.165, 1.54) is 12.1 Å². The molecule has 3 aliphatic heterocycles. The molecule has 0 aliphatic carbocycles. The van der Waals surface area contributed by atoms with Crippen LogP contribution in [0.3, 0.4) is 0 Å². The van der Waals surface area contributed by atoms with Crippen LogP contribution in [0.4, 0.5) is 10.1 Å². The molecule has 0 unspecified atom stereocenters. The molecule has 0 saturated carbocycles. The first-order chi connectivity index (χ1) is 21.9. The molecule has 46 heavy (non-hydrogen) atoms. The molecule has 6 rings (SSSR count). The van der Waals surface area contributed by atoms with E-state index in [0.717, 1.165) is 55.0 Å². The first-order valence-electron chi connectivity index (χ1n) is 15.6. The zero-order chi connectivity index (χ0) is 32.7. The van der Waals surface area contributed by atoms with Gasteiger partial charge in [-0.25, -0.2) is 12.8 Å². The number of nitrogens with zero attached hydrogens (tertiary/aromatic N) is 2. The molecule has 3 aliphatic rings. The van der Waals surface area contributed by atoms with E-state index in [4.69, 9.17) is 23.2 Å². The van der Waals surface area contributed by atoms with Gasteiger partial charge >= 0.3 is 0 Å². The van der Waals surface area contributed by atoms with Crippen LogP contribution >= 0.6 is 23.2 Å². The van der Waals surface area contributed by atoms with Gasteiger partial charge in [0.15, 0.2) is 9.84 Å². The molecule has 2 saturated heterocycles. The second-order valence-corrected chi connectivity index (χ2v) is 15.3. The largest absolute Gasteiger partial charge is 0.359 e. The van der Waals surface area contributed by atoms with Crippen molar-refractivity contribution in [2.24, 2.45) is 0 Å². The number of rotatable bonds is 9. The van der Waals surface area contributed by atoms with Crippen LogP contribution < -0.4 is 5.32 Å². The lowest BCUT2D eigenvalue weighted by atomic mass is 10.0. The molecule has 0 radical (unpaired) electrons. The number of alkyl halides is 1. The number of amides is 2. The maximum atomic E-state index is 13.7. The number of carbonyl (C=O) groups is 2. The van der Waals surface area contributed by atoms with E-state index < -0.39 is 16.0 Å². The molecule has 1 aromatic heterocycles. The van der Waals surface area contributed by atoms with Crippen LogP contribution in [0, 0.1) is 13.8 Å². The highest BCUT2D eigenvalue weighted by Crippen LogP contribution is 2.37. The number of benzene rings is 2. The fraction of sp³-hybridized carbons (Fsp3) is 0.412. The highest BCUT2D eigenvalue weighted by Gasteiger charge is 2.33. The van der Waals surface area contributed by atoms with Gasteiger partial charge in [0, 0.05) is 76.9 Å². The van der Waals surface area contributed by atoms with Crippen LogP contribution in [0.2, 0.25) is 10.0 Å². The van der Waals surface area contributed by atoms with Gasteiger partial charge in [0.1, 0.15) is 6.17 Å². The van der Waals surface area contributed by atoms with E-state index in [2.05, 4.69) is 15.2 Å². The van der Waals surface area contributed by atoms with Crippen molar-refractivity contribution < 1.29 is 22.4 Å². The van der Waals surface area contributed by atoms with Crippen LogP contribution in [-0.2, 0) is 31.6 Å². The Morgan fingerprint density at radius 1 is 1.09 bits per heavy atom. The third-order valence-corrected chi connectivity index (χ3v) is 11.8. The molecule has 244 valence electrons. The van der Waals surface area contributed by atoms with Gasteiger partial charge in [-0.1, -0.05) is 29.3 Å². The lowest BCUT2D eigenvalue weighted by molar-refractivity contribution is -0.132. The van der Waals surface area contributed by atoms with Crippen LogP contribution in [0.25, 0.3) is 11.6 Å². The Balaban J connectivity index is 1.19.